The molecule has 1 aliphatic heterocycles. The van der Waals surface area contributed by atoms with Gasteiger partial charge >= 0.3 is 5.97 Å². The van der Waals surface area contributed by atoms with E-state index < -0.39 is 23.4 Å². The van der Waals surface area contributed by atoms with Crippen LogP contribution < -0.4 is 4.90 Å². The fraction of sp³-hybridized carbons (Fsp3) is 0.0588. The maximum atomic E-state index is 12.8. The monoisotopic (exact) mass is 327 g/mol. The van der Waals surface area contributed by atoms with Crippen LogP contribution >= 0.6 is 0 Å². The van der Waals surface area contributed by atoms with Gasteiger partial charge in [0.15, 0.2) is 11.5 Å². The Labute approximate surface area is 136 Å². The highest BCUT2D eigenvalue weighted by Gasteiger charge is 2.36. The molecule has 0 saturated heterocycles. The summed E-state index contributed by atoms with van der Waals surface area (Å²) in [6.07, 6.45) is 1.06. The average molecular weight is 327 g/mol. The fourth-order valence-corrected chi connectivity index (χ4v) is 2.56. The van der Waals surface area contributed by atoms with E-state index in [1.54, 1.807) is 24.3 Å². The predicted octanol–water partition coefficient (Wildman–Crippen LogP) is 2.04. The van der Waals surface area contributed by atoms with E-state index in [1.807, 2.05) is 0 Å². The Morgan fingerprint density at radius 3 is 2.54 bits per heavy atom. The topological polar surface area (TPSA) is 107 Å². The van der Waals surface area contributed by atoms with Crippen molar-refractivity contribution in [1.82, 2.24) is 0 Å². The molecule has 3 rings (SSSR count). The molecule has 0 spiro atoms. The molecule has 2 aromatic carbocycles. The number of phenols is 3. The Bertz CT molecular complexity index is 887. The number of benzene rings is 2. The highest BCUT2D eigenvalue weighted by atomic mass is 16.5. The summed E-state index contributed by atoms with van der Waals surface area (Å²) in [5.74, 6) is -2.74. The Kier molecular flexibility index (Phi) is 3.61. The first-order chi connectivity index (χ1) is 11.4. The van der Waals surface area contributed by atoms with Crippen LogP contribution in [0.1, 0.15) is 5.56 Å². The van der Waals surface area contributed by atoms with Gasteiger partial charge in [-0.3, -0.25) is 9.69 Å². The second kappa shape index (κ2) is 5.62. The summed E-state index contributed by atoms with van der Waals surface area (Å²) in [4.78, 5) is 25.4. The maximum absolute atomic E-state index is 12.8. The van der Waals surface area contributed by atoms with E-state index in [2.05, 4.69) is 4.74 Å². The number of nitrogens with zero attached hydrogens (tertiary/aromatic N) is 1. The van der Waals surface area contributed by atoms with Crippen molar-refractivity contribution in [3.63, 3.8) is 0 Å². The molecule has 0 fully saturated rings. The number of hydrogen-bond donors (Lipinski definition) is 3. The number of phenolic OH excluding ortho intramolecular Hbond substituents is 3. The number of amides is 1. The molecule has 7 heteroatoms. The molecule has 0 aliphatic carbocycles. The van der Waals surface area contributed by atoms with Gasteiger partial charge in [-0.05, 0) is 6.07 Å². The molecule has 0 radical (unpaired) electrons. The fourth-order valence-electron chi connectivity index (χ4n) is 2.56. The van der Waals surface area contributed by atoms with Crippen molar-refractivity contribution in [3.05, 3.63) is 48.0 Å². The highest BCUT2D eigenvalue weighted by Crippen LogP contribution is 2.48. The van der Waals surface area contributed by atoms with Crippen LogP contribution in [-0.2, 0) is 14.3 Å². The van der Waals surface area contributed by atoms with Crippen LogP contribution in [0.15, 0.2) is 42.5 Å². The van der Waals surface area contributed by atoms with Gasteiger partial charge in [-0.2, -0.15) is 0 Å². The van der Waals surface area contributed by atoms with Gasteiger partial charge in [-0.25, -0.2) is 4.79 Å². The average Bonchev–Trinajstić information content (AvgIpc) is 2.83. The summed E-state index contributed by atoms with van der Waals surface area (Å²) in [6.45, 7) is 0. The van der Waals surface area contributed by atoms with E-state index in [4.69, 9.17) is 0 Å². The number of anilines is 2. The van der Waals surface area contributed by atoms with Crippen molar-refractivity contribution >= 4 is 28.8 Å². The number of para-hydroxylation sites is 1. The van der Waals surface area contributed by atoms with E-state index in [0.717, 1.165) is 23.1 Å². The van der Waals surface area contributed by atoms with Gasteiger partial charge in [0.05, 0.1) is 24.1 Å². The first-order valence-corrected chi connectivity index (χ1v) is 6.92. The first kappa shape index (κ1) is 15.4. The highest BCUT2D eigenvalue weighted by molar-refractivity contribution is 6.37. The van der Waals surface area contributed by atoms with Gasteiger partial charge in [-0.15, -0.1) is 0 Å². The number of methoxy groups -OCH3 is 1. The molecule has 0 saturated carbocycles. The predicted molar refractivity (Wildman–Crippen MR) is 85.0 cm³/mol. The van der Waals surface area contributed by atoms with Crippen molar-refractivity contribution in [1.29, 1.82) is 0 Å². The van der Waals surface area contributed by atoms with Gasteiger partial charge in [0.25, 0.3) is 5.91 Å². The van der Waals surface area contributed by atoms with Gasteiger partial charge in [0, 0.05) is 23.8 Å². The Morgan fingerprint density at radius 1 is 1.12 bits per heavy atom. The number of esters is 1. The normalized spacial score (nSPS) is 14.8. The second-order valence-corrected chi connectivity index (χ2v) is 5.07. The minimum Gasteiger partial charge on any atom is -0.508 e. The quantitative estimate of drug-likeness (QED) is 0.337. The van der Waals surface area contributed by atoms with E-state index in [0.29, 0.717) is 11.3 Å². The molecule has 24 heavy (non-hydrogen) atoms. The third kappa shape index (κ3) is 2.32. The molecule has 0 unspecified atom stereocenters. The van der Waals surface area contributed by atoms with Crippen LogP contribution in [0.25, 0.3) is 5.57 Å². The number of carbonyl (C=O) groups is 2. The molecular formula is C17H13NO6. The molecule has 1 amide bonds. The van der Waals surface area contributed by atoms with E-state index in [9.17, 15) is 24.9 Å². The van der Waals surface area contributed by atoms with Crippen LogP contribution in [0.3, 0.4) is 0 Å². The zero-order chi connectivity index (χ0) is 17.4. The summed E-state index contributed by atoms with van der Waals surface area (Å²) in [7, 11) is 1.20. The maximum Gasteiger partial charge on any atom is 0.331 e. The first-order valence-electron chi connectivity index (χ1n) is 6.92. The third-order valence-electron chi connectivity index (χ3n) is 3.63. The Balaban J connectivity index is 2.23. The van der Waals surface area contributed by atoms with Crippen molar-refractivity contribution in [2.75, 3.05) is 12.0 Å². The minimum atomic E-state index is -0.696. The standard InChI is InChI=1S/C17H13NO6/c1-24-15(21)8-11-10-4-2-3-5-12(10)18(17(11)23)13-6-9(19)7-14(20)16(13)22/h2-8,19-20,22H,1H3/b11-8+. The van der Waals surface area contributed by atoms with Crippen molar-refractivity contribution < 1.29 is 29.6 Å². The van der Waals surface area contributed by atoms with Gasteiger partial charge in [0.1, 0.15) is 5.75 Å². The molecule has 1 heterocycles. The van der Waals surface area contributed by atoms with Crippen molar-refractivity contribution in [2.45, 2.75) is 0 Å². The van der Waals surface area contributed by atoms with E-state index >= 15 is 0 Å². The second-order valence-electron chi connectivity index (χ2n) is 5.07. The third-order valence-corrected chi connectivity index (χ3v) is 3.63. The number of aromatic hydroxyl groups is 3. The Hall–Kier alpha value is -3.48. The van der Waals surface area contributed by atoms with E-state index in [-0.39, 0.29) is 17.0 Å². The van der Waals surface area contributed by atoms with E-state index in [1.165, 1.54) is 7.11 Å². The van der Waals surface area contributed by atoms with Gasteiger partial charge in [0.2, 0.25) is 0 Å². The summed E-state index contributed by atoms with van der Waals surface area (Å²) >= 11 is 0. The molecule has 0 atom stereocenters. The largest absolute Gasteiger partial charge is 0.508 e. The van der Waals surface area contributed by atoms with Crippen molar-refractivity contribution in [2.24, 2.45) is 0 Å². The lowest BCUT2D eigenvalue weighted by Gasteiger charge is -2.19. The lowest BCUT2D eigenvalue weighted by molar-refractivity contribution is -0.135. The number of rotatable bonds is 2. The lowest BCUT2D eigenvalue weighted by Crippen LogP contribution is -2.21. The Morgan fingerprint density at radius 2 is 1.83 bits per heavy atom. The van der Waals surface area contributed by atoms with Crippen LogP contribution in [0, 0.1) is 0 Å². The van der Waals surface area contributed by atoms with Gasteiger partial charge in [-0.1, -0.05) is 18.2 Å². The number of carbonyl (C=O) groups excluding carboxylic acids is 2. The molecule has 0 aromatic heterocycles. The van der Waals surface area contributed by atoms with Crippen LogP contribution in [0.5, 0.6) is 17.2 Å². The minimum absolute atomic E-state index is 0.0830. The molecule has 3 N–H and O–H groups in total. The zero-order valence-electron chi connectivity index (χ0n) is 12.6. The summed E-state index contributed by atoms with van der Waals surface area (Å²) < 4.78 is 4.56. The van der Waals surface area contributed by atoms with Crippen LogP contribution in [0.4, 0.5) is 11.4 Å². The smallest absolute Gasteiger partial charge is 0.331 e. The summed E-state index contributed by atoms with van der Waals surface area (Å²) in [5.41, 5.74) is 0.853. The molecule has 2 aromatic rings. The SMILES string of the molecule is COC(=O)/C=C1/C(=O)N(c2cc(O)cc(O)c2O)c2ccccc21. The van der Waals surface area contributed by atoms with Crippen molar-refractivity contribution in [3.8, 4) is 17.2 Å². The number of hydrogen-bond acceptors (Lipinski definition) is 6. The molecule has 0 bridgehead atoms. The molecular weight excluding hydrogens is 314 g/mol. The lowest BCUT2D eigenvalue weighted by atomic mass is 10.1. The van der Waals surface area contributed by atoms with Crippen LogP contribution in [0.2, 0.25) is 0 Å². The van der Waals surface area contributed by atoms with Crippen LogP contribution in [-0.4, -0.2) is 34.3 Å². The number of fused-ring (bicyclic) bond motifs is 1. The molecule has 1 aliphatic rings. The molecule has 7 nitrogen and oxygen atoms in total. The number of ether oxygens (including phenoxy) is 1. The summed E-state index contributed by atoms with van der Waals surface area (Å²) in [5, 5.41) is 29.4. The van der Waals surface area contributed by atoms with Gasteiger partial charge < -0.3 is 20.1 Å². The zero-order valence-corrected chi connectivity index (χ0v) is 12.6. The molecule has 122 valence electrons. The summed E-state index contributed by atoms with van der Waals surface area (Å²) in [6, 6.07) is 8.73.